The van der Waals surface area contributed by atoms with Crippen molar-refractivity contribution in [2.45, 2.75) is 26.2 Å². The molecule has 0 fully saturated rings. The van der Waals surface area contributed by atoms with Gasteiger partial charge in [-0.1, -0.05) is 29.8 Å². The van der Waals surface area contributed by atoms with E-state index in [1.807, 2.05) is 0 Å². The predicted molar refractivity (Wildman–Crippen MR) is 72.3 cm³/mol. The summed E-state index contributed by atoms with van der Waals surface area (Å²) >= 11 is 1.71. The number of thiazole rings is 1. The van der Waals surface area contributed by atoms with Crippen LogP contribution in [0.3, 0.4) is 0 Å². The zero-order chi connectivity index (χ0) is 12.1. The number of unbranched alkanes of at least 4 members (excludes halogenated alkanes) is 1. The number of hydrogen-bond donors (Lipinski definition) is 1. The molecule has 0 unspecified atom stereocenters. The Kier molecular flexibility index (Phi) is 4.29. The van der Waals surface area contributed by atoms with Gasteiger partial charge in [0.2, 0.25) is 0 Å². The van der Waals surface area contributed by atoms with Crippen LogP contribution in [0.15, 0.2) is 29.6 Å². The summed E-state index contributed by atoms with van der Waals surface area (Å²) in [6.07, 6.45) is 2.84. The minimum atomic E-state index is 0.274. The van der Waals surface area contributed by atoms with Crippen LogP contribution in [0.4, 0.5) is 0 Å². The Labute approximate surface area is 106 Å². The van der Waals surface area contributed by atoms with Crippen LogP contribution in [0.5, 0.6) is 0 Å². The molecule has 3 heteroatoms. The molecule has 0 atom stereocenters. The third-order valence-electron chi connectivity index (χ3n) is 2.70. The van der Waals surface area contributed by atoms with Crippen LogP contribution in [-0.4, -0.2) is 16.7 Å². The average Bonchev–Trinajstić information content (AvgIpc) is 2.79. The number of aliphatic hydroxyl groups excluding tert-OH is 1. The van der Waals surface area contributed by atoms with Crippen molar-refractivity contribution >= 4 is 11.3 Å². The zero-order valence-corrected chi connectivity index (χ0v) is 10.8. The van der Waals surface area contributed by atoms with Gasteiger partial charge in [-0.25, -0.2) is 4.98 Å². The lowest BCUT2D eigenvalue weighted by molar-refractivity contribution is 0.284. The first-order chi connectivity index (χ1) is 8.29. The highest BCUT2D eigenvalue weighted by atomic mass is 32.1. The van der Waals surface area contributed by atoms with Crippen molar-refractivity contribution in [1.82, 2.24) is 4.98 Å². The summed E-state index contributed by atoms with van der Waals surface area (Å²) < 4.78 is 0. The van der Waals surface area contributed by atoms with Crippen LogP contribution in [0.1, 0.15) is 23.4 Å². The first-order valence-corrected chi connectivity index (χ1v) is 6.80. The summed E-state index contributed by atoms with van der Waals surface area (Å²) in [5.41, 5.74) is 3.52. The van der Waals surface area contributed by atoms with Crippen LogP contribution in [0, 0.1) is 6.92 Å². The van der Waals surface area contributed by atoms with Crippen molar-refractivity contribution in [3.63, 3.8) is 0 Å². The van der Waals surface area contributed by atoms with E-state index in [1.165, 1.54) is 11.1 Å². The van der Waals surface area contributed by atoms with Gasteiger partial charge in [-0.15, -0.1) is 11.3 Å². The van der Waals surface area contributed by atoms with Crippen LogP contribution in [-0.2, 0) is 6.42 Å². The molecule has 0 amide bonds. The molecule has 90 valence electrons. The van der Waals surface area contributed by atoms with Gasteiger partial charge in [-0.05, 0) is 26.2 Å². The predicted octanol–water partition coefficient (Wildman–Crippen LogP) is 3.43. The van der Waals surface area contributed by atoms with E-state index >= 15 is 0 Å². The first-order valence-electron chi connectivity index (χ1n) is 5.92. The standard InChI is InChI=1S/C14H17NOS/c1-11-5-7-12(8-6-11)13-10-17-14(15-13)4-2-3-9-16/h5-8,10,16H,2-4,9H2,1H3. The molecule has 1 heterocycles. The maximum atomic E-state index is 8.74. The van der Waals surface area contributed by atoms with Gasteiger partial charge in [0.25, 0.3) is 0 Å². The second-order valence-electron chi connectivity index (χ2n) is 4.17. The van der Waals surface area contributed by atoms with E-state index in [4.69, 9.17) is 5.11 Å². The summed E-state index contributed by atoms with van der Waals surface area (Å²) in [7, 11) is 0. The van der Waals surface area contributed by atoms with Gasteiger partial charge in [-0.3, -0.25) is 0 Å². The van der Waals surface area contributed by atoms with Gasteiger partial charge in [-0.2, -0.15) is 0 Å². The fraction of sp³-hybridized carbons (Fsp3) is 0.357. The largest absolute Gasteiger partial charge is 0.396 e. The molecule has 2 nitrogen and oxygen atoms in total. The zero-order valence-electron chi connectivity index (χ0n) is 10.0. The third kappa shape index (κ3) is 3.38. The van der Waals surface area contributed by atoms with Gasteiger partial charge >= 0.3 is 0 Å². The number of nitrogens with zero attached hydrogens (tertiary/aromatic N) is 1. The van der Waals surface area contributed by atoms with E-state index < -0.39 is 0 Å². The van der Waals surface area contributed by atoms with Gasteiger partial charge in [0.15, 0.2) is 0 Å². The number of rotatable bonds is 5. The summed E-state index contributed by atoms with van der Waals surface area (Å²) in [5.74, 6) is 0. The first kappa shape index (κ1) is 12.3. The summed E-state index contributed by atoms with van der Waals surface area (Å²) in [6.45, 7) is 2.36. The summed E-state index contributed by atoms with van der Waals surface area (Å²) in [4.78, 5) is 4.62. The minimum Gasteiger partial charge on any atom is -0.396 e. The maximum absolute atomic E-state index is 8.74. The summed E-state index contributed by atoms with van der Waals surface area (Å²) in [6, 6.07) is 8.45. The second kappa shape index (κ2) is 5.94. The van der Waals surface area contributed by atoms with E-state index in [1.54, 1.807) is 11.3 Å². The molecule has 0 radical (unpaired) electrons. The number of aliphatic hydroxyl groups is 1. The van der Waals surface area contributed by atoms with Crippen molar-refractivity contribution in [2.24, 2.45) is 0 Å². The van der Waals surface area contributed by atoms with E-state index in [2.05, 4.69) is 41.6 Å². The van der Waals surface area contributed by atoms with E-state index in [-0.39, 0.29) is 6.61 Å². The van der Waals surface area contributed by atoms with Crippen molar-refractivity contribution in [3.8, 4) is 11.3 Å². The van der Waals surface area contributed by atoms with Crippen LogP contribution in [0.25, 0.3) is 11.3 Å². The molecule has 1 aromatic carbocycles. The highest BCUT2D eigenvalue weighted by Gasteiger charge is 2.04. The van der Waals surface area contributed by atoms with Gasteiger partial charge in [0, 0.05) is 17.6 Å². The average molecular weight is 247 g/mol. The number of benzene rings is 1. The SMILES string of the molecule is Cc1ccc(-c2csc(CCCCO)n2)cc1. The molecular formula is C14H17NOS. The molecule has 2 aromatic rings. The maximum Gasteiger partial charge on any atom is 0.0932 e. The summed E-state index contributed by atoms with van der Waals surface area (Å²) in [5, 5.41) is 12.0. The quantitative estimate of drug-likeness (QED) is 0.821. The fourth-order valence-electron chi connectivity index (χ4n) is 1.67. The Hall–Kier alpha value is -1.19. The molecule has 0 saturated heterocycles. The molecule has 0 aliphatic rings. The Bertz CT molecular complexity index is 461. The molecule has 1 N–H and O–H groups in total. The molecule has 0 aliphatic carbocycles. The van der Waals surface area contributed by atoms with Crippen molar-refractivity contribution in [3.05, 3.63) is 40.2 Å². The number of aryl methyl sites for hydroxylation is 2. The molecule has 0 aliphatic heterocycles. The molecule has 0 spiro atoms. The number of aromatic nitrogens is 1. The van der Waals surface area contributed by atoms with E-state index in [9.17, 15) is 0 Å². The van der Waals surface area contributed by atoms with Gasteiger partial charge < -0.3 is 5.11 Å². The Morgan fingerprint density at radius 3 is 2.65 bits per heavy atom. The fourth-order valence-corrected chi connectivity index (χ4v) is 2.52. The van der Waals surface area contributed by atoms with Gasteiger partial charge in [0.05, 0.1) is 10.7 Å². The van der Waals surface area contributed by atoms with Crippen LogP contribution in [0.2, 0.25) is 0 Å². The molecule has 0 bridgehead atoms. The molecule has 17 heavy (non-hydrogen) atoms. The van der Waals surface area contributed by atoms with Gasteiger partial charge in [0.1, 0.15) is 0 Å². The lowest BCUT2D eigenvalue weighted by atomic mass is 10.1. The smallest absolute Gasteiger partial charge is 0.0932 e. The van der Waals surface area contributed by atoms with Crippen molar-refractivity contribution < 1.29 is 5.11 Å². The highest BCUT2D eigenvalue weighted by Crippen LogP contribution is 2.23. The lowest BCUT2D eigenvalue weighted by Crippen LogP contribution is -1.88. The Morgan fingerprint density at radius 1 is 1.18 bits per heavy atom. The molecule has 0 saturated carbocycles. The Balaban J connectivity index is 2.04. The molecule has 2 rings (SSSR count). The third-order valence-corrected chi connectivity index (χ3v) is 3.61. The monoisotopic (exact) mass is 247 g/mol. The van der Waals surface area contributed by atoms with Crippen LogP contribution < -0.4 is 0 Å². The lowest BCUT2D eigenvalue weighted by Gasteiger charge is -1.97. The van der Waals surface area contributed by atoms with Crippen LogP contribution >= 0.6 is 11.3 Å². The van der Waals surface area contributed by atoms with Crippen molar-refractivity contribution in [1.29, 1.82) is 0 Å². The highest BCUT2D eigenvalue weighted by molar-refractivity contribution is 7.09. The Morgan fingerprint density at radius 2 is 1.94 bits per heavy atom. The second-order valence-corrected chi connectivity index (χ2v) is 5.12. The minimum absolute atomic E-state index is 0.274. The van der Waals surface area contributed by atoms with E-state index in [0.29, 0.717) is 0 Å². The number of hydrogen-bond acceptors (Lipinski definition) is 3. The molecular weight excluding hydrogens is 230 g/mol. The van der Waals surface area contributed by atoms with Crippen molar-refractivity contribution in [2.75, 3.05) is 6.61 Å². The molecule has 1 aromatic heterocycles. The topological polar surface area (TPSA) is 33.1 Å². The normalized spacial score (nSPS) is 10.7. The van der Waals surface area contributed by atoms with E-state index in [0.717, 1.165) is 30.0 Å².